The normalized spacial score (nSPS) is 12.4. The predicted octanol–water partition coefficient (Wildman–Crippen LogP) is 2.67. The van der Waals surface area contributed by atoms with Crippen molar-refractivity contribution in [1.82, 2.24) is 0 Å². The number of carbonyl (C=O) groups excluding carboxylic acids is 1. The Bertz CT molecular complexity index is 631. The zero-order valence-corrected chi connectivity index (χ0v) is 15.3. The van der Waals surface area contributed by atoms with Crippen LogP contribution in [0.4, 0.5) is 0 Å². The van der Waals surface area contributed by atoms with E-state index in [9.17, 15) is 13.2 Å². The average Bonchev–Trinajstić information content (AvgIpc) is 2.37. The summed E-state index contributed by atoms with van der Waals surface area (Å²) >= 11 is 1.54. The highest BCUT2D eigenvalue weighted by Gasteiger charge is 2.16. The van der Waals surface area contributed by atoms with Crippen molar-refractivity contribution in [3.63, 3.8) is 0 Å². The predicted molar refractivity (Wildman–Crippen MR) is 93.1 cm³/mol. The zero-order valence-electron chi connectivity index (χ0n) is 13.7. The summed E-state index contributed by atoms with van der Waals surface area (Å²) < 4.78 is 23.6. The second kappa shape index (κ2) is 7.51. The highest BCUT2D eigenvalue weighted by atomic mass is 32.2. The van der Waals surface area contributed by atoms with E-state index in [1.807, 2.05) is 6.92 Å². The lowest BCUT2D eigenvalue weighted by Gasteiger charge is -2.20. The Morgan fingerprint density at radius 3 is 2.41 bits per heavy atom. The molecule has 0 fully saturated rings. The summed E-state index contributed by atoms with van der Waals surface area (Å²) in [6, 6.07) is 6.32. The number of nitrogens with two attached hydrogens (primary N) is 1. The van der Waals surface area contributed by atoms with Crippen LogP contribution >= 0.6 is 11.8 Å². The molecule has 2 N–H and O–H groups in total. The molecule has 0 spiro atoms. The lowest BCUT2D eigenvalue weighted by atomic mass is 9.87. The van der Waals surface area contributed by atoms with E-state index in [4.69, 9.17) is 5.73 Å². The molecular weight excluding hydrogens is 318 g/mol. The highest BCUT2D eigenvalue weighted by Crippen LogP contribution is 2.29. The molecule has 0 atom stereocenters. The average molecular weight is 344 g/mol. The van der Waals surface area contributed by atoms with Crippen molar-refractivity contribution in [1.29, 1.82) is 0 Å². The Labute approximate surface area is 137 Å². The first kappa shape index (κ1) is 19.0. The van der Waals surface area contributed by atoms with Gasteiger partial charge in [0, 0.05) is 17.1 Å². The molecule has 0 aliphatic carbocycles. The van der Waals surface area contributed by atoms with Gasteiger partial charge in [0.1, 0.15) is 0 Å². The molecule has 6 heteroatoms. The van der Waals surface area contributed by atoms with Gasteiger partial charge in [0.05, 0.1) is 11.5 Å². The first-order chi connectivity index (χ1) is 10.0. The number of primary amides is 1. The number of carbonyl (C=O) groups is 1. The topological polar surface area (TPSA) is 77.2 Å². The largest absolute Gasteiger partial charge is 0.370 e. The minimum absolute atomic E-state index is 0.0597. The number of benzene rings is 1. The Morgan fingerprint density at radius 2 is 1.86 bits per heavy atom. The first-order valence-electron chi connectivity index (χ1n) is 7.24. The second-order valence-corrected chi connectivity index (χ2v) is 9.89. The Hall–Kier alpha value is -1.01. The van der Waals surface area contributed by atoms with Crippen LogP contribution in [-0.2, 0) is 20.0 Å². The van der Waals surface area contributed by atoms with E-state index < -0.39 is 15.7 Å². The maximum atomic E-state index is 11.8. The molecule has 1 aromatic rings. The fourth-order valence-corrected chi connectivity index (χ4v) is 4.65. The minimum Gasteiger partial charge on any atom is -0.370 e. The summed E-state index contributed by atoms with van der Waals surface area (Å²) in [5.74, 6) is -0.200. The van der Waals surface area contributed by atoms with E-state index in [-0.39, 0.29) is 23.3 Å². The Kier molecular flexibility index (Phi) is 6.50. The van der Waals surface area contributed by atoms with E-state index in [1.54, 1.807) is 11.8 Å². The highest BCUT2D eigenvalue weighted by molar-refractivity contribution is 8.00. The molecule has 124 valence electrons. The van der Waals surface area contributed by atoms with Crippen LogP contribution < -0.4 is 5.73 Å². The smallest absolute Gasteiger partial charge is 0.218 e. The van der Waals surface area contributed by atoms with Gasteiger partial charge >= 0.3 is 0 Å². The van der Waals surface area contributed by atoms with Crippen LogP contribution in [0.3, 0.4) is 0 Å². The van der Waals surface area contributed by atoms with Gasteiger partial charge in [-0.15, -0.1) is 11.8 Å². The monoisotopic (exact) mass is 343 g/mol. The summed E-state index contributed by atoms with van der Waals surface area (Å²) in [6.45, 7) is 8.48. The first-order valence-corrected chi connectivity index (χ1v) is 10.0. The molecule has 0 saturated heterocycles. The van der Waals surface area contributed by atoms with Crippen molar-refractivity contribution in [2.24, 2.45) is 5.73 Å². The van der Waals surface area contributed by atoms with Crippen molar-refractivity contribution >= 4 is 27.5 Å². The molecule has 22 heavy (non-hydrogen) atoms. The Balaban J connectivity index is 2.67. The molecule has 0 heterocycles. The lowest BCUT2D eigenvalue weighted by molar-refractivity contribution is -0.117. The summed E-state index contributed by atoms with van der Waals surface area (Å²) in [4.78, 5) is 11.8. The SMILES string of the molecule is Cc1ccc(C(C)(C)C)cc1SCCS(=O)(=O)CCC(N)=O. The summed E-state index contributed by atoms with van der Waals surface area (Å²) in [5, 5.41) is 0. The van der Waals surface area contributed by atoms with E-state index in [0.29, 0.717) is 5.75 Å². The van der Waals surface area contributed by atoms with Gasteiger partial charge in [0.25, 0.3) is 0 Å². The number of rotatable bonds is 7. The van der Waals surface area contributed by atoms with Crippen LogP contribution in [-0.4, -0.2) is 31.6 Å². The maximum absolute atomic E-state index is 11.8. The molecule has 0 aliphatic rings. The lowest BCUT2D eigenvalue weighted by Crippen LogP contribution is -2.19. The molecular formula is C16H25NO3S2. The second-order valence-electron chi connectivity index (χ2n) is 6.45. The van der Waals surface area contributed by atoms with Crippen LogP contribution in [0.2, 0.25) is 0 Å². The minimum atomic E-state index is -3.22. The van der Waals surface area contributed by atoms with Gasteiger partial charge in [0.15, 0.2) is 9.84 Å². The number of hydrogen-bond donors (Lipinski definition) is 1. The molecule has 0 aliphatic heterocycles. The summed E-state index contributed by atoms with van der Waals surface area (Å²) in [6.07, 6.45) is -0.106. The molecule has 0 saturated carbocycles. The molecule has 4 nitrogen and oxygen atoms in total. The van der Waals surface area contributed by atoms with Crippen LogP contribution in [0.25, 0.3) is 0 Å². The van der Waals surface area contributed by atoms with E-state index in [1.165, 1.54) is 5.56 Å². The van der Waals surface area contributed by atoms with Crippen LogP contribution in [0.15, 0.2) is 23.1 Å². The third-order valence-electron chi connectivity index (χ3n) is 3.37. The van der Waals surface area contributed by atoms with Gasteiger partial charge in [-0.05, 0) is 29.5 Å². The molecule has 0 aromatic heterocycles. The quantitative estimate of drug-likeness (QED) is 0.772. The van der Waals surface area contributed by atoms with Crippen molar-refractivity contribution in [2.75, 3.05) is 17.3 Å². The number of thioether (sulfide) groups is 1. The molecule has 0 bridgehead atoms. The summed E-state index contributed by atoms with van der Waals surface area (Å²) in [7, 11) is -3.22. The van der Waals surface area contributed by atoms with Crippen molar-refractivity contribution in [2.45, 2.75) is 44.4 Å². The fraction of sp³-hybridized carbons (Fsp3) is 0.562. The molecule has 1 amide bonds. The molecule has 0 unspecified atom stereocenters. The van der Waals surface area contributed by atoms with Crippen molar-refractivity contribution < 1.29 is 13.2 Å². The number of hydrogen-bond acceptors (Lipinski definition) is 4. The number of amides is 1. The van der Waals surface area contributed by atoms with Gasteiger partial charge in [-0.25, -0.2) is 8.42 Å². The fourth-order valence-electron chi connectivity index (χ4n) is 1.86. The number of aryl methyl sites for hydroxylation is 1. The van der Waals surface area contributed by atoms with Crippen molar-refractivity contribution in [3.8, 4) is 0 Å². The van der Waals surface area contributed by atoms with Crippen LogP contribution in [0.1, 0.15) is 38.3 Å². The zero-order chi connectivity index (χ0) is 17.0. The van der Waals surface area contributed by atoms with Gasteiger partial charge in [0.2, 0.25) is 5.91 Å². The van der Waals surface area contributed by atoms with E-state index in [0.717, 1.165) is 10.5 Å². The Morgan fingerprint density at radius 1 is 1.23 bits per heavy atom. The van der Waals surface area contributed by atoms with Crippen LogP contribution in [0, 0.1) is 6.92 Å². The van der Waals surface area contributed by atoms with Gasteiger partial charge in [-0.2, -0.15) is 0 Å². The van der Waals surface area contributed by atoms with E-state index in [2.05, 4.69) is 39.0 Å². The third-order valence-corrected chi connectivity index (χ3v) is 6.44. The van der Waals surface area contributed by atoms with Gasteiger partial charge < -0.3 is 5.73 Å². The standard InChI is InChI=1S/C16H25NO3S2/c1-12-5-6-13(16(2,3)4)11-14(12)21-8-10-22(19,20)9-7-15(17)18/h5-6,11H,7-10H2,1-4H3,(H2,17,18). The maximum Gasteiger partial charge on any atom is 0.218 e. The van der Waals surface area contributed by atoms with Crippen molar-refractivity contribution in [3.05, 3.63) is 29.3 Å². The third kappa shape index (κ3) is 6.40. The molecule has 1 rings (SSSR count). The number of sulfone groups is 1. The van der Waals surface area contributed by atoms with Gasteiger partial charge in [-0.1, -0.05) is 32.9 Å². The molecule has 0 radical (unpaired) electrons. The summed E-state index contributed by atoms with van der Waals surface area (Å²) in [5.41, 5.74) is 7.43. The van der Waals surface area contributed by atoms with Gasteiger partial charge in [-0.3, -0.25) is 4.79 Å². The molecule has 1 aromatic carbocycles. The van der Waals surface area contributed by atoms with Crippen LogP contribution in [0.5, 0.6) is 0 Å². The van der Waals surface area contributed by atoms with E-state index >= 15 is 0 Å².